The maximum Gasteiger partial charge on any atom is 0.131 e. The molecular weight excluding hydrogens is 193 g/mol. The number of rotatable bonds is 1. The van der Waals surface area contributed by atoms with Gasteiger partial charge in [0.05, 0.1) is 11.6 Å². The molecule has 3 heteroatoms. The molecule has 15 heavy (non-hydrogen) atoms. The molecule has 0 aliphatic heterocycles. The molecule has 0 aliphatic carbocycles. The second-order valence-electron chi connectivity index (χ2n) is 3.76. The van der Waals surface area contributed by atoms with E-state index >= 15 is 0 Å². The van der Waals surface area contributed by atoms with Crippen LogP contribution in [0.4, 0.5) is 4.39 Å². The lowest BCUT2D eigenvalue weighted by Gasteiger charge is -2.08. The molecule has 0 bridgehead atoms. The number of aromatic nitrogens is 1. The van der Waals surface area contributed by atoms with E-state index in [4.69, 9.17) is 0 Å². The van der Waals surface area contributed by atoms with Gasteiger partial charge in [0.1, 0.15) is 5.82 Å². The van der Waals surface area contributed by atoms with Crippen LogP contribution >= 0.6 is 0 Å². The van der Waals surface area contributed by atoms with Gasteiger partial charge in [-0.25, -0.2) is 4.39 Å². The molecule has 0 amide bonds. The van der Waals surface area contributed by atoms with Gasteiger partial charge in [0.25, 0.3) is 0 Å². The largest absolute Gasteiger partial charge is 0.389 e. The second-order valence-corrected chi connectivity index (χ2v) is 3.76. The van der Waals surface area contributed by atoms with Gasteiger partial charge in [-0.3, -0.25) is 4.98 Å². The third kappa shape index (κ3) is 1.83. The lowest BCUT2D eigenvalue weighted by Crippen LogP contribution is -1.96. The van der Waals surface area contributed by atoms with Gasteiger partial charge in [0.15, 0.2) is 0 Å². The number of aliphatic hydroxyl groups is 1. The molecule has 2 rings (SSSR count). The molecule has 1 aromatic carbocycles. The number of fused-ring (bicyclic) bond motifs is 1. The van der Waals surface area contributed by atoms with Crippen molar-refractivity contribution in [3.63, 3.8) is 0 Å². The Morgan fingerprint density at radius 3 is 2.73 bits per heavy atom. The number of nitrogens with zero attached hydrogens (tertiary/aromatic N) is 1. The van der Waals surface area contributed by atoms with E-state index in [2.05, 4.69) is 4.98 Å². The fraction of sp³-hybridized carbons (Fsp3) is 0.250. The number of aryl methyl sites for hydroxylation is 1. The Hall–Kier alpha value is -1.48. The van der Waals surface area contributed by atoms with E-state index in [0.717, 1.165) is 10.9 Å². The summed E-state index contributed by atoms with van der Waals surface area (Å²) in [6.45, 7) is 3.48. The number of hydrogen-bond donors (Lipinski definition) is 1. The van der Waals surface area contributed by atoms with Crippen molar-refractivity contribution in [2.45, 2.75) is 20.0 Å². The van der Waals surface area contributed by atoms with Crippen molar-refractivity contribution in [2.75, 3.05) is 0 Å². The van der Waals surface area contributed by atoms with Gasteiger partial charge in [-0.15, -0.1) is 0 Å². The van der Waals surface area contributed by atoms with Crippen LogP contribution in [0.15, 0.2) is 24.4 Å². The minimum atomic E-state index is -0.796. The summed E-state index contributed by atoms with van der Waals surface area (Å²) in [4.78, 5) is 4.12. The molecule has 1 unspecified atom stereocenters. The molecule has 1 atom stereocenters. The Labute approximate surface area is 87.4 Å². The predicted octanol–water partition coefficient (Wildman–Crippen LogP) is 2.74. The summed E-state index contributed by atoms with van der Waals surface area (Å²) in [5.41, 5.74) is 1.95. The number of aliphatic hydroxyl groups excluding tert-OH is 1. The Kier molecular flexibility index (Phi) is 2.40. The van der Waals surface area contributed by atoms with E-state index in [1.165, 1.54) is 6.07 Å². The van der Waals surface area contributed by atoms with Crippen molar-refractivity contribution in [2.24, 2.45) is 0 Å². The predicted molar refractivity (Wildman–Crippen MR) is 57.1 cm³/mol. The highest BCUT2D eigenvalue weighted by molar-refractivity contribution is 5.80. The number of pyridine rings is 1. The Bertz CT molecular complexity index is 508. The van der Waals surface area contributed by atoms with Gasteiger partial charge in [-0.2, -0.15) is 0 Å². The van der Waals surface area contributed by atoms with Crippen molar-refractivity contribution < 1.29 is 9.50 Å². The number of hydrogen-bond acceptors (Lipinski definition) is 2. The first-order valence-corrected chi connectivity index (χ1v) is 4.82. The van der Waals surface area contributed by atoms with Crippen LogP contribution in [0.5, 0.6) is 0 Å². The van der Waals surface area contributed by atoms with Crippen LogP contribution in [0.1, 0.15) is 24.2 Å². The molecule has 1 aromatic heterocycles. The molecule has 1 N–H and O–H groups in total. The average Bonchev–Trinajstić information content (AvgIpc) is 2.17. The third-order valence-electron chi connectivity index (χ3n) is 2.39. The van der Waals surface area contributed by atoms with Crippen LogP contribution in [0.3, 0.4) is 0 Å². The van der Waals surface area contributed by atoms with Crippen LogP contribution in [0.2, 0.25) is 0 Å². The zero-order valence-corrected chi connectivity index (χ0v) is 8.66. The maximum absolute atomic E-state index is 13.5. The summed E-state index contributed by atoms with van der Waals surface area (Å²) in [5.74, 6) is -0.408. The molecule has 0 spiro atoms. The summed E-state index contributed by atoms with van der Waals surface area (Å²) in [7, 11) is 0. The standard InChI is InChI=1S/C12H12FNO/c1-7-3-9-4-10(8(2)15)11(13)5-12(9)14-6-7/h3-6,8,15H,1-2H3. The first kappa shape index (κ1) is 10.1. The number of halogens is 1. The summed E-state index contributed by atoms with van der Waals surface area (Å²) in [6, 6.07) is 4.93. The first-order chi connectivity index (χ1) is 7.08. The second kappa shape index (κ2) is 3.59. The van der Waals surface area contributed by atoms with Gasteiger partial charge < -0.3 is 5.11 Å². The first-order valence-electron chi connectivity index (χ1n) is 4.82. The maximum atomic E-state index is 13.5. The minimum absolute atomic E-state index is 0.315. The molecule has 1 heterocycles. The van der Waals surface area contributed by atoms with Gasteiger partial charge in [-0.1, -0.05) is 0 Å². The van der Waals surface area contributed by atoms with Gasteiger partial charge >= 0.3 is 0 Å². The molecule has 0 aliphatic rings. The summed E-state index contributed by atoms with van der Waals surface area (Å²) in [5, 5.41) is 10.2. The van der Waals surface area contributed by atoms with E-state index in [0.29, 0.717) is 11.1 Å². The van der Waals surface area contributed by atoms with Gasteiger partial charge in [-0.05, 0) is 31.5 Å². The van der Waals surface area contributed by atoms with E-state index in [-0.39, 0.29) is 0 Å². The molecule has 78 valence electrons. The van der Waals surface area contributed by atoms with Crippen LogP contribution in [0.25, 0.3) is 10.9 Å². The fourth-order valence-electron chi connectivity index (χ4n) is 1.60. The zero-order chi connectivity index (χ0) is 11.0. The highest BCUT2D eigenvalue weighted by Gasteiger charge is 2.09. The van der Waals surface area contributed by atoms with E-state index in [1.54, 1.807) is 19.2 Å². The molecular formula is C12H12FNO. The zero-order valence-electron chi connectivity index (χ0n) is 8.66. The summed E-state index contributed by atoms with van der Waals surface area (Å²) >= 11 is 0. The van der Waals surface area contributed by atoms with Crippen molar-refractivity contribution in [3.8, 4) is 0 Å². The van der Waals surface area contributed by atoms with Crippen molar-refractivity contribution in [1.82, 2.24) is 4.98 Å². The summed E-state index contributed by atoms with van der Waals surface area (Å²) in [6.07, 6.45) is 0.902. The normalized spacial score (nSPS) is 13.1. The smallest absolute Gasteiger partial charge is 0.131 e. The lowest BCUT2D eigenvalue weighted by molar-refractivity contribution is 0.194. The monoisotopic (exact) mass is 205 g/mol. The highest BCUT2D eigenvalue weighted by Crippen LogP contribution is 2.22. The van der Waals surface area contributed by atoms with Gasteiger partial charge in [0, 0.05) is 23.2 Å². The SMILES string of the molecule is Cc1cnc2cc(F)c(C(C)O)cc2c1. The molecule has 0 fully saturated rings. The highest BCUT2D eigenvalue weighted by atomic mass is 19.1. The van der Waals surface area contributed by atoms with Crippen LogP contribution in [-0.4, -0.2) is 10.1 Å². The van der Waals surface area contributed by atoms with E-state index in [9.17, 15) is 9.50 Å². The van der Waals surface area contributed by atoms with Gasteiger partial charge in [0.2, 0.25) is 0 Å². The molecule has 2 aromatic rings. The average molecular weight is 205 g/mol. The van der Waals surface area contributed by atoms with Crippen LogP contribution in [-0.2, 0) is 0 Å². The van der Waals surface area contributed by atoms with Crippen LogP contribution in [0, 0.1) is 12.7 Å². The Balaban J connectivity index is 2.72. The van der Waals surface area contributed by atoms with Crippen molar-refractivity contribution in [3.05, 3.63) is 41.3 Å². The summed E-state index contributed by atoms with van der Waals surface area (Å²) < 4.78 is 13.5. The van der Waals surface area contributed by atoms with Crippen molar-refractivity contribution in [1.29, 1.82) is 0 Å². The van der Waals surface area contributed by atoms with E-state index < -0.39 is 11.9 Å². The van der Waals surface area contributed by atoms with Crippen LogP contribution < -0.4 is 0 Å². The lowest BCUT2D eigenvalue weighted by atomic mass is 10.1. The third-order valence-corrected chi connectivity index (χ3v) is 2.39. The fourth-order valence-corrected chi connectivity index (χ4v) is 1.60. The van der Waals surface area contributed by atoms with E-state index in [1.807, 2.05) is 13.0 Å². The topological polar surface area (TPSA) is 33.1 Å². The molecule has 0 radical (unpaired) electrons. The Morgan fingerprint density at radius 2 is 2.07 bits per heavy atom. The number of benzene rings is 1. The quantitative estimate of drug-likeness (QED) is 0.776. The van der Waals surface area contributed by atoms with Crippen molar-refractivity contribution >= 4 is 10.9 Å². The molecule has 0 saturated carbocycles. The molecule has 0 saturated heterocycles. The molecule has 2 nitrogen and oxygen atoms in total. The Morgan fingerprint density at radius 1 is 1.33 bits per heavy atom. The minimum Gasteiger partial charge on any atom is -0.389 e.